The Kier molecular flexibility index (Phi) is 4.65. The molecule has 0 aliphatic carbocycles. The van der Waals surface area contributed by atoms with Crippen molar-refractivity contribution in [3.8, 4) is 0 Å². The first-order chi connectivity index (χ1) is 8.97. The Morgan fingerprint density at radius 2 is 1.79 bits per heavy atom. The van der Waals surface area contributed by atoms with Crippen molar-refractivity contribution in [1.29, 1.82) is 0 Å². The molecule has 2 rings (SSSR count). The van der Waals surface area contributed by atoms with Crippen molar-refractivity contribution in [2.45, 2.75) is 0 Å². The Morgan fingerprint density at radius 3 is 2.47 bits per heavy atom. The zero-order valence-corrected chi connectivity index (χ0v) is 14.3. The Labute approximate surface area is 136 Å². The maximum atomic E-state index is 12.2. The molecule has 0 bridgehead atoms. The molecule has 1 amide bonds. The molecule has 3 N–H and O–H groups in total. The van der Waals surface area contributed by atoms with Gasteiger partial charge in [-0.3, -0.25) is 4.79 Å². The number of benzene rings is 2. The van der Waals surface area contributed by atoms with Crippen LogP contribution in [0.5, 0.6) is 0 Å². The fourth-order valence-corrected chi connectivity index (χ4v) is 3.16. The molecular formula is C13H9Br3N2O. The van der Waals surface area contributed by atoms with Gasteiger partial charge in [-0.05, 0) is 46.3 Å². The Hall–Kier alpha value is -0.850. The van der Waals surface area contributed by atoms with Gasteiger partial charge in [-0.15, -0.1) is 0 Å². The number of hydrogen-bond donors (Lipinski definition) is 2. The van der Waals surface area contributed by atoms with Crippen LogP contribution in [0.4, 0.5) is 11.4 Å². The van der Waals surface area contributed by atoms with Gasteiger partial charge in [-0.1, -0.05) is 37.9 Å². The minimum atomic E-state index is -0.252. The molecule has 19 heavy (non-hydrogen) atoms. The molecule has 0 spiro atoms. The number of carbonyl (C=O) groups excluding carboxylic acids is 1. The SMILES string of the molecule is Nc1c(Br)cc(Br)cc1C(=O)Nc1cccc(Br)c1. The number of hydrogen-bond acceptors (Lipinski definition) is 2. The number of nitrogens with two attached hydrogens (primary N) is 1. The molecule has 0 atom stereocenters. The molecular weight excluding hydrogens is 440 g/mol. The van der Waals surface area contributed by atoms with Crippen molar-refractivity contribution < 1.29 is 4.79 Å². The van der Waals surface area contributed by atoms with Crippen LogP contribution in [-0.2, 0) is 0 Å². The maximum Gasteiger partial charge on any atom is 0.257 e. The molecule has 3 nitrogen and oxygen atoms in total. The second-order valence-electron chi connectivity index (χ2n) is 3.81. The number of carbonyl (C=O) groups is 1. The molecule has 0 aliphatic heterocycles. The summed E-state index contributed by atoms with van der Waals surface area (Å²) < 4.78 is 2.36. The summed E-state index contributed by atoms with van der Waals surface area (Å²) in [5, 5.41) is 2.80. The van der Waals surface area contributed by atoms with Gasteiger partial charge in [-0.2, -0.15) is 0 Å². The highest BCUT2D eigenvalue weighted by Crippen LogP contribution is 2.29. The van der Waals surface area contributed by atoms with Crippen molar-refractivity contribution in [2.75, 3.05) is 11.1 Å². The van der Waals surface area contributed by atoms with Crippen molar-refractivity contribution in [1.82, 2.24) is 0 Å². The first-order valence-corrected chi connectivity index (χ1v) is 7.66. The predicted octanol–water partition coefficient (Wildman–Crippen LogP) is 4.81. The zero-order valence-electron chi connectivity index (χ0n) is 9.58. The van der Waals surface area contributed by atoms with Gasteiger partial charge < -0.3 is 11.1 Å². The van der Waals surface area contributed by atoms with Crippen molar-refractivity contribution in [3.05, 3.63) is 55.4 Å². The average Bonchev–Trinajstić information content (AvgIpc) is 2.33. The van der Waals surface area contributed by atoms with E-state index in [1.165, 1.54) is 0 Å². The highest BCUT2D eigenvalue weighted by atomic mass is 79.9. The van der Waals surface area contributed by atoms with E-state index in [-0.39, 0.29) is 5.91 Å². The second kappa shape index (κ2) is 6.07. The molecule has 0 radical (unpaired) electrons. The van der Waals surface area contributed by atoms with Gasteiger partial charge >= 0.3 is 0 Å². The first kappa shape index (κ1) is 14.6. The summed E-state index contributed by atoms with van der Waals surface area (Å²) in [4.78, 5) is 12.2. The summed E-state index contributed by atoms with van der Waals surface area (Å²) in [7, 11) is 0. The van der Waals surface area contributed by atoms with Crippen LogP contribution < -0.4 is 11.1 Å². The van der Waals surface area contributed by atoms with E-state index in [0.29, 0.717) is 21.4 Å². The summed E-state index contributed by atoms with van der Waals surface area (Å²) in [5.74, 6) is -0.252. The number of anilines is 2. The molecule has 0 saturated heterocycles. The summed E-state index contributed by atoms with van der Waals surface area (Å²) in [5.41, 5.74) is 7.43. The van der Waals surface area contributed by atoms with E-state index in [1.807, 2.05) is 24.3 Å². The van der Waals surface area contributed by atoms with Crippen molar-refractivity contribution in [2.24, 2.45) is 0 Å². The number of halogens is 3. The quantitative estimate of drug-likeness (QED) is 0.648. The standard InChI is InChI=1S/C13H9Br3N2O/c14-7-2-1-3-9(4-7)18-13(19)10-5-8(15)6-11(16)12(10)17/h1-6H,17H2,(H,18,19). The third-order valence-electron chi connectivity index (χ3n) is 2.42. The van der Waals surface area contributed by atoms with Crippen LogP contribution in [0.2, 0.25) is 0 Å². The summed E-state index contributed by atoms with van der Waals surface area (Å²) in [6, 6.07) is 10.9. The van der Waals surface area contributed by atoms with Crippen LogP contribution in [0.25, 0.3) is 0 Å². The Bertz CT molecular complexity index is 644. The van der Waals surface area contributed by atoms with Gasteiger partial charge in [0.1, 0.15) is 0 Å². The Balaban J connectivity index is 2.30. The molecule has 0 fully saturated rings. The van der Waals surface area contributed by atoms with Gasteiger partial charge in [0.05, 0.1) is 11.3 Å². The molecule has 0 aromatic heterocycles. The third-order valence-corrected chi connectivity index (χ3v) is 4.03. The summed E-state index contributed by atoms with van der Waals surface area (Å²) in [6.45, 7) is 0. The van der Waals surface area contributed by atoms with Crippen molar-refractivity contribution >= 4 is 65.1 Å². The lowest BCUT2D eigenvalue weighted by atomic mass is 10.1. The summed E-state index contributed by atoms with van der Waals surface area (Å²) >= 11 is 10.0. The lowest BCUT2D eigenvalue weighted by Gasteiger charge is -2.10. The lowest BCUT2D eigenvalue weighted by molar-refractivity contribution is 0.102. The van der Waals surface area contributed by atoms with Gasteiger partial charge in [-0.25, -0.2) is 0 Å². The van der Waals surface area contributed by atoms with Crippen LogP contribution in [0.1, 0.15) is 10.4 Å². The minimum absolute atomic E-state index is 0.252. The minimum Gasteiger partial charge on any atom is -0.397 e. The molecule has 98 valence electrons. The fraction of sp³-hybridized carbons (Fsp3) is 0. The lowest BCUT2D eigenvalue weighted by Crippen LogP contribution is -2.14. The van der Waals surface area contributed by atoms with E-state index in [4.69, 9.17) is 5.73 Å². The summed E-state index contributed by atoms with van der Waals surface area (Å²) in [6.07, 6.45) is 0. The molecule has 0 unspecified atom stereocenters. The van der Waals surface area contributed by atoms with E-state index in [9.17, 15) is 4.79 Å². The van der Waals surface area contributed by atoms with Crippen LogP contribution in [0.15, 0.2) is 49.8 Å². The van der Waals surface area contributed by atoms with E-state index >= 15 is 0 Å². The van der Waals surface area contributed by atoms with E-state index < -0.39 is 0 Å². The highest BCUT2D eigenvalue weighted by molar-refractivity contribution is 9.11. The van der Waals surface area contributed by atoms with Gasteiger partial charge in [0.15, 0.2) is 0 Å². The van der Waals surface area contributed by atoms with Crippen LogP contribution in [-0.4, -0.2) is 5.91 Å². The number of amides is 1. The molecule has 2 aromatic rings. The molecule has 0 heterocycles. The molecule has 0 saturated carbocycles. The van der Waals surface area contributed by atoms with Gasteiger partial charge in [0, 0.05) is 19.1 Å². The van der Waals surface area contributed by atoms with Gasteiger partial charge in [0.25, 0.3) is 5.91 Å². The van der Waals surface area contributed by atoms with E-state index in [2.05, 4.69) is 53.1 Å². The van der Waals surface area contributed by atoms with Crippen molar-refractivity contribution in [3.63, 3.8) is 0 Å². The van der Waals surface area contributed by atoms with E-state index in [0.717, 1.165) is 8.95 Å². The fourth-order valence-electron chi connectivity index (χ4n) is 1.54. The maximum absolute atomic E-state index is 12.2. The number of nitrogens with one attached hydrogen (secondary N) is 1. The van der Waals surface area contributed by atoms with Crippen LogP contribution >= 0.6 is 47.8 Å². The van der Waals surface area contributed by atoms with Gasteiger partial charge in [0.2, 0.25) is 0 Å². The highest BCUT2D eigenvalue weighted by Gasteiger charge is 2.13. The predicted molar refractivity (Wildman–Crippen MR) is 88.3 cm³/mol. The van der Waals surface area contributed by atoms with E-state index in [1.54, 1.807) is 12.1 Å². The first-order valence-electron chi connectivity index (χ1n) is 5.29. The molecule has 6 heteroatoms. The monoisotopic (exact) mass is 446 g/mol. The smallest absolute Gasteiger partial charge is 0.257 e. The van der Waals surface area contributed by atoms with Crippen LogP contribution in [0.3, 0.4) is 0 Å². The average molecular weight is 449 g/mol. The second-order valence-corrected chi connectivity index (χ2v) is 6.50. The zero-order chi connectivity index (χ0) is 14.0. The van der Waals surface area contributed by atoms with Crippen LogP contribution in [0, 0.1) is 0 Å². The topological polar surface area (TPSA) is 55.1 Å². The normalized spacial score (nSPS) is 10.3. The largest absolute Gasteiger partial charge is 0.397 e. The number of rotatable bonds is 2. The molecule has 0 aliphatic rings. The third kappa shape index (κ3) is 3.58. The number of nitrogen functional groups attached to an aromatic ring is 1. The Morgan fingerprint density at radius 1 is 1.05 bits per heavy atom. The molecule has 2 aromatic carbocycles.